The van der Waals surface area contributed by atoms with Crippen molar-refractivity contribution in [3.8, 4) is 22.8 Å². The minimum atomic E-state index is -0.555. The zero-order chi connectivity index (χ0) is 19.7. The van der Waals surface area contributed by atoms with E-state index in [1.165, 1.54) is 29.5 Å². The maximum Gasteiger partial charge on any atom is 0.311 e. The van der Waals surface area contributed by atoms with Gasteiger partial charge in [-0.25, -0.2) is 4.98 Å². The molecule has 0 unspecified atom stereocenters. The van der Waals surface area contributed by atoms with Gasteiger partial charge >= 0.3 is 5.69 Å². The Kier molecular flexibility index (Phi) is 4.54. The summed E-state index contributed by atoms with van der Waals surface area (Å²) in [5.41, 5.74) is 1.87. The van der Waals surface area contributed by atoms with Crippen molar-refractivity contribution in [2.75, 3.05) is 0 Å². The number of ether oxygens (including phenoxy) is 1. The number of thiophene rings is 1. The van der Waals surface area contributed by atoms with Crippen LogP contribution < -0.4 is 4.74 Å². The highest BCUT2D eigenvalue weighted by Gasteiger charge is 2.21. The van der Waals surface area contributed by atoms with Crippen LogP contribution in [0.2, 0.25) is 0 Å². The van der Waals surface area contributed by atoms with E-state index in [0.717, 1.165) is 16.0 Å². The van der Waals surface area contributed by atoms with Crippen molar-refractivity contribution in [2.45, 2.75) is 6.92 Å². The number of aryl methyl sites for hydroxylation is 1. The summed E-state index contributed by atoms with van der Waals surface area (Å²) in [6.07, 6.45) is 0.609. The first kappa shape index (κ1) is 17.7. The molecule has 7 nitrogen and oxygen atoms in total. The summed E-state index contributed by atoms with van der Waals surface area (Å²) < 4.78 is 5.88. The SMILES string of the molecule is Cc1nc(Oc2cc(C=O)ccc2[N+](=O)[O-])c2c(-c3ccccc3)csc2n1. The van der Waals surface area contributed by atoms with Crippen molar-refractivity contribution >= 4 is 33.5 Å². The van der Waals surface area contributed by atoms with Crippen LogP contribution in [0.3, 0.4) is 0 Å². The topological polar surface area (TPSA) is 95.2 Å². The van der Waals surface area contributed by atoms with E-state index in [1.54, 1.807) is 6.92 Å². The molecule has 0 bridgehead atoms. The van der Waals surface area contributed by atoms with E-state index in [-0.39, 0.29) is 22.9 Å². The summed E-state index contributed by atoms with van der Waals surface area (Å²) in [5.74, 6) is 0.658. The number of nitrogens with zero attached hydrogens (tertiary/aromatic N) is 3. The Bertz CT molecular complexity index is 1210. The number of carbonyl (C=O) groups is 1. The van der Waals surface area contributed by atoms with Gasteiger partial charge in [-0.05, 0) is 24.6 Å². The Hall–Kier alpha value is -3.65. The van der Waals surface area contributed by atoms with Gasteiger partial charge in [-0.3, -0.25) is 14.9 Å². The summed E-state index contributed by atoms with van der Waals surface area (Å²) in [5, 5.41) is 14.0. The second-order valence-corrected chi connectivity index (χ2v) is 6.83. The van der Waals surface area contributed by atoms with Crippen LogP contribution in [0, 0.1) is 17.0 Å². The molecule has 2 aromatic heterocycles. The van der Waals surface area contributed by atoms with Crippen LogP contribution >= 0.6 is 11.3 Å². The van der Waals surface area contributed by atoms with Crippen LogP contribution in [0.4, 0.5) is 5.69 Å². The second-order valence-electron chi connectivity index (χ2n) is 5.98. The lowest BCUT2D eigenvalue weighted by Gasteiger charge is -2.09. The number of carbonyl (C=O) groups excluding carboxylic acids is 1. The maximum absolute atomic E-state index is 11.4. The van der Waals surface area contributed by atoms with Crippen molar-refractivity contribution in [3.05, 3.63) is 75.4 Å². The Balaban J connectivity index is 1.91. The predicted octanol–water partition coefficient (Wildman–Crippen LogP) is 5.18. The number of aromatic nitrogens is 2. The molecule has 0 N–H and O–H groups in total. The average molecular weight is 391 g/mol. The van der Waals surface area contributed by atoms with Gasteiger partial charge in [0, 0.05) is 22.6 Å². The summed E-state index contributed by atoms with van der Waals surface area (Å²) >= 11 is 1.44. The number of rotatable bonds is 5. The zero-order valence-corrected chi connectivity index (χ0v) is 15.5. The first-order valence-electron chi connectivity index (χ1n) is 8.29. The van der Waals surface area contributed by atoms with E-state index in [9.17, 15) is 14.9 Å². The third kappa shape index (κ3) is 3.21. The Labute approximate surface area is 163 Å². The molecule has 0 atom stereocenters. The molecule has 4 rings (SSSR count). The van der Waals surface area contributed by atoms with Gasteiger partial charge in [0.1, 0.15) is 16.9 Å². The fourth-order valence-electron chi connectivity index (χ4n) is 2.86. The van der Waals surface area contributed by atoms with E-state index in [4.69, 9.17) is 4.74 Å². The van der Waals surface area contributed by atoms with Crippen LogP contribution in [-0.4, -0.2) is 21.2 Å². The van der Waals surface area contributed by atoms with E-state index in [0.29, 0.717) is 17.5 Å². The number of nitro groups is 1. The van der Waals surface area contributed by atoms with E-state index >= 15 is 0 Å². The molecule has 0 saturated carbocycles. The predicted molar refractivity (Wildman–Crippen MR) is 106 cm³/mol. The fourth-order valence-corrected chi connectivity index (χ4v) is 3.84. The van der Waals surface area contributed by atoms with Crippen LogP contribution in [0.25, 0.3) is 21.3 Å². The standard InChI is InChI=1S/C20H13N3O4S/c1-12-21-19(27-17-9-13(10-24)7-8-16(17)23(25)26)18-15(11-28-20(18)22-12)14-5-3-2-4-6-14/h2-11H,1H3. The zero-order valence-electron chi connectivity index (χ0n) is 14.7. The summed E-state index contributed by atoms with van der Waals surface area (Å²) in [6.45, 7) is 1.73. The number of nitro benzene ring substituents is 1. The number of benzene rings is 2. The van der Waals surface area contributed by atoms with Gasteiger partial charge in [-0.1, -0.05) is 30.3 Å². The van der Waals surface area contributed by atoms with Crippen molar-refractivity contribution < 1.29 is 14.5 Å². The first-order valence-corrected chi connectivity index (χ1v) is 9.17. The Morgan fingerprint density at radius 1 is 1.14 bits per heavy atom. The van der Waals surface area contributed by atoms with Gasteiger partial charge in [0.05, 0.1) is 10.3 Å². The molecule has 0 saturated heterocycles. The van der Waals surface area contributed by atoms with Gasteiger partial charge in [0.2, 0.25) is 11.6 Å². The summed E-state index contributed by atoms with van der Waals surface area (Å²) in [6, 6.07) is 13.6. The molecule has 28 heavy (non-hydrogen) atoms. The molecule has 0 radical (unpaired) electrons. The molecule has 138 valence electrons. The van der Waals surface area contributed by atoms with Crippen LogP contribution in [0.5, 0.6) is 11.6 Å². The highest BCUT2D eigenvalue weighted by Crippen LogP contribution is 2.41. The van der Waals surface area contributed by atoms with Crippen molar-refractivity contribution in [3.63, 3.8) is 0 Å². The molecule has 2 heterocycles. The van der Waals surface area contributed by atoms with Crippen LogP contribution in [0.15, 0.2) is 53.9 Å². The lowest BCUT2D eigenvalue weighted by molar-refractivity contribution is -0.385. The molecule has 4 aromatic rings. The highest BCUT2D eigenvalue weighted by molar-refractivity contribution is 7.17. The van der Waals surface area contributed by atoms with Crippen molar-refractivity contribution in [1.29, 1.82) is 0 Å². The molecule has 0 aliphatic rings. The Morgan fingerprint density at radius 3 is 2.64 bits per heavy atom. The molecule has 8 heteroatoms. The molecule has 2 aromatic carbocycles. The molecular formula is C20H13N3O4S. The fraction of sp³-hybridized carbons (Fsp3) is 0.0500. The van der Waals surface area contributed by atoms with E-state index in [2.05, 4.69) is 9.97 Å². The number of fused-ring (bicyclic) bond motifs is 1. The average Bonchev–Trinajstić information content (AvgIpc) is 3.12. The monoisotopic (exact) mass is 391 g/mol. The third-order valence-electron chi connectivity index (χ3n) is 4.12. The number of hydrogen-bond donors (Lipinski definition) is 0. The maximum atomic E-state index is 11.4. The normalized spacial score (nSPS) is 10.8. The van der Waals surface area contributed by atoms with E-state index in [1.807, 2.05) is 35.7 Å². The van der Waals surface area contributed by atoms with Gasteiger partial charge < -0.3 is 4.74 Å². The van der Waals surface area contributed by atoms with Gasteiger partial charge in [-0.2, -0.15) is 4.98 Å². The molecule has 0 amide bonds. The molecule has 0 spiro atoms. The van der Waals surface area contributed by atoms with Gasteiger partial charge in [0.25, 0.3) is 0 Å². The van der Waals surface area contributed by atoms with Crippen molar-refractivity contribution in [1.82, 2.24) is 9.97 Å². The van der Waals surface area contributed by atoms with Gasteiger partial charge in [0.15, 0.2) is 0 Å². The van der Waals surface area contributed by atoms with Gasteiger partial charge in [-0.15, -0.1) is 11.3 Å². The lowest BCUT2D eigenvalue weighted by atomic mass is 10.1. The minimum Gasteiger partial charge on any atom is -0.431 e. The van der Waals surface area contributed by atoms with Crippen molar-refractivity contribution in [2.24, 2.45) is 0 Å². The first-order chi connectivity index (χ1) is 13.6. The lowest BCUT2D eigenvalue weighted by Crippen LogP contribution is -1.98. The molecular weight excluding hydrogens is 378 g/mol. The van der Waals surface area contributed by atoms with E-state index < -0.39 is 4.92 Å². The number of hydrogen-bond acceptors (Lipinski definition) is 7. The number of aldehydes is 1. The molecule has 0 aliphatic carbocycles. The largest absolute Gasteiger partial charge is 0.431 e. The molecule has 0 aliphatic heterocycles. The Morgan fingerprint density at radius 2 is 1.93 bits per heavy atom. The second kappa shape index (κ2) is 7.16. The summed E-state index contributed by atoms with van der Waals surface area (Å²) in [7, 11) is 0. The highest BCUT2D eigenvalue weighted by atomic mass is 32.1. The quantitative estimate of drug-likeness (QED) is 0.264. The minimum absolute atomic E-state index is 0.0424. The third-order valence-corrected chi connectivity index (χ3v) is 4.99. The van der Waals surface area contributed by atoms with Crippen LogP contribution in [0.1, 0.15) is 16.2 Å². The smallest absolute Gasteiger partial charge is 0.311 e. The molecule has 0 fully saturated rings. The van der Waals surface area contributed by atoms with Crippen LogP contribution in [-0.2, 0) is 0 Å². The summed E-state index contributed by atoms with van der Waals surface area (Å²) in [4.78, 5) is 31.5.